The summed E-state index contributed by atoms with van der Waals surface area (Å²) in [5, 5.41) is 3.21. The van der Waals surface area contributed by atoms with Gasteiger partial charge in [-0.25, -0.2) is 0 Å². The van der Waals surface area contributed by atoms with Crippen molar-refractivity contribution in [3.63, 3.8) is 0 Å². The van der Waals surface area contributed by atoms with Crippen LogP contribution in [0, 0.1) is 0 Å². The third-order valence-corrected chi connectivity index (χ3v) is 6.06. The molecule has 182 valence electrons. The number of quaternary nitrogens is 1. The van der Waals surface area contributed by atoms with Crippen molar-refractivity contribution in [2.75, 3.05) is 34.7 Å². The first kappa shape index (κ1) is 30.1. The van der Waals surface area contributed by atoms with Crippen LogP contribution in [0.5, 0.6) is 0 Å². The molecule has 0 radical (unpaired) electrons. The van der Waals surface area contributed by atoms with Gasteiger partial charge < -0.3 is 9.80 Å². The van der Waals surface area contributed by atoms with E-state index in [0.717, 1.165) is 10.9 Å². The van der Waals surface area contributed by atoms with E-state index in [1.165, 1.54) is 102 Å². The first-order valence-corrected chi connectivity index (χ1v) is 13.4. The molecule has 2 nitrogen and oxygen atoms in total. The Morgan fingerprint density at radius 3 is 1.48 bits per heavy atom. The summed E-state index contributed by atoms with van der Waals surface area (Å²) in [4.78, 5) is 0. The van der Waals surface area contributed by atoms with Gasteiger partial charge in [-0.15, -0.1) is 0 Å². The van der Waals surface area contributed by atoms with Crippen molar-refractivity contribution in [3.05, 3.63) is 35.9 Å². The minimum absolute atomic E-state index is 0.567. The molecule has 31 heavy (non-hydrogen) atoms. The highest BCUT2D eigenvalue weighted by atomic mass is 15.3. The summed E-state index contributed by atoms with van der Waals surface area (Å²) in [6.45, 7) is 5.81. The van der Waals surface area contributed by atoms with E-state index in [-0.39, 0.29) is 0 Å². The zero-order valence-electron chi connectivity index (χ0n) is 22.2. The smallest absolute Gasteiger partial charge is 0.0780 e. The van der Waals surface area contributed by atoms with Gasteiger partial charge >= 0.3 is 0 Å². The summed E-state index contributed by atoms with van der Waals surface area (Å²) in [6.07, 6.45) is 21.5. The molecule has 0 aromatic heterocycles. The predicted molar refractivity (Wildman–Crippen MR) is 142 cm³/mol. The average Bonchev–Trinajstić information content (AvgIpc) is 2.74. The summed E-state index contributed by atoms with van der Waals surface area (Å²) in [7, 11) is 8.88. The number of unbranched alkanes of at least 4 members (excludes halogenated alkanes) is 13. The summed E-state index contributed by atoms with van der Waals surface area (Å²) in [6, 6.07) is 11.1. The second-order valence-corrected chi connectivity index (χ2v) is 10.5. The normalized spacial score (nSPS) is 12.3. The van der Waals surface area contributed by atoms with Gasteiger partial charge in [-0.1, -0.05) is 114 Å². The van der Waals surface area contributed by atoms with Crippen molar-refractivity contribution in [1.29, 1.82) is 0 Å². The van der Waals surface area contributed by atoms with Gasteiger partial charge in [0.15, 0.2) is 0 Å². The maximum atomic E-state index is 3.21. The average molecular weight is 434 g/mol. The third kappa shape index (κ3) is 23.6. The molecule has 1 atom stereocenters. The molecule has 0 spiro atoms. The second-order valence-electron chi connectivity index (χ2n) is 10.5. The van der Waals surface area contributed by atoms with Gasteiger partial charge in [0.25, 0.3) is 0 Å². The van der Waals surface area contributed by atoms with Crippen LogP contribution in [-0.4, -0.2) is 45.3 Å². The van der Waals surface area contributed by atoms with Crippen molar-refractivity contribution in [3.8, 4) is 0 Å². The lowest BCUT2D eigenvalue weighted by molar-refractivity contribution is -0.870. The van der Waals surface area contributed by atoms with Gasteiger partial charge in [-0.05, 0) is 38.8 Å². The highest BCUT2D eigenvalue weighted by molar-refractivity contribution is 5.15. The Balaban J connectivity index is 0.000000683. The number of benzene rings is 1. The predicted octanol–water partition coefficient (Wildman–Crippen LogP) is 8.01. The molecule has 0 heterocycles. The quantitative estimate of drug-likeness (QED) is 0.182. The fourth-order valence-corrected chi connectivity index (χ4v) is 3.85. The van der Waals surface area contributed by atoms with Crippen LogP contribution in [0.4, 0.5) is 0 Å². The zero-order chi connectivity index (χ0) is 23.2. The van der Waals surface area contributed by atoms with E-state index in [0.29, 0.717) is 6.04 Å². The summed E-state index contributed by atoms with van der Waals surface area (Å²) in [5.41, 5.74) is 1.40. The summed E-state index contributed by atoms with van der Waals surface area (Å²) < 4.78 is 1.12. The lowest BCUT2D eigenvalue weighted by Gasteiger charge is -2.23. The number of likely N-dealkylation sites (N-methyl/N-ethyl adjacent to an activating group) is 1. The first-order chi connectivity index (χ1) is 14.9. The Hall–Kier alpha value is -0.860. The minimum atomic E-state index is 0.567. The molecular weight excluding hydrogens is 376 g/mol. The molecule has 1 aromatic rings. The van der Waals surface area contributed by atoms with Gasteiger partial charge in [-0.2, -0.15) is 0 Å². The van der Waals surface area contributed by atoms with Crippen LogP contribution in [0.25, 0.3) is 0 Å². The molecule has 0 saturated heterocycles. The number of nitrogens with one attached hydrogen (secondary N) is 1. The van der Waals surface area contributed by atoms with Crippen LogP contribution >= 0.6 is 0 Å². The molecule has 2 heteroatoms. The molecule has 1 rings (SSSR count). The Labute approximate surface area is 196 Å². The Bertz CT molecular complexity index is 463. The monoisotopic (exact) mass is 433 g/mol. The number of nitrogens with zero attached hydrogens (tertiary/aromatic N) is 1. The lowest BCUT2D eigenvalue weighted by atomic mass is 10.0. The summed E-state index contributed by atoms with van der Waals surface area (Å²) >= 11 is 0. The topological polar surface area (TPSA) is 12.0 Å². The lowest BCUT2D eigenvalue weighted by Crippen LogP contribution is -2.35. The van der Waals surface area contributed by atoms with E-state index in [4.69, 9.17) is 0 Å². The fraction of sp³-hybridized carbons (Fsp3) is 0.793. The van der Waals surface area contributed by atoms with E-state index in [9.17, 15) is 0 Å². The Kier molecular flexibility index (Phi) is 20.4. The van der Waals surface area contributed by atoms with Crippen LogP contribution in [-0.2, 0) is 6.42 Å². The molecule has 0 fully saturated rings. The van der Waals surface area contributed by atoms with Crippen molar-refractivity contribution < 1.29 is 4.48 Å². The van der Waals surface area contributed by atoms with E-state index in [1.54, 1.807) is 0 Å². The van der Waals surface area contributed by atoms with Gasteiger partial charge in [0.05, 0.1) is 27.7 Å². The largest absolute Gasteiger partial charge is 0.331 e. The zero-order valence-corrected chi connectivity index (χ0v) is 22.2. The van der Waals surface area contributed by atoms with E-state index < -0.39 is 0 Å². The highest BCUT2D eigenvalue weighted by Crippen LogP contribution is 2.13. The first-order valence-electron chi connectivity index (χ1n) is 13.4. The molecule has 1 aromatic carbocycles. The summed E-state index contributed by atoms with van der Waals surface area (Å²) in [5.74, 6) is 0. The van der Waals surface area contributed by atoms with Crippen molar-refractivity contribution in [2.24, 2.45) is 0 Å². The maximum absolute atomic E-state index is 3.21. The molecular formula is C29H57N2+. The van der Waals surface area contributed by atoms with Gasteiger partial charge in [0, 0.05) is 6.04 Å². The number of rotatable bonds is 18. The molecule has 0 aliphatic heterocycles. The minimum Gasteiger partial charge on any atom is -0.331 e. The molecule has 0 saturated carbocycles. The number of hydrogen-bond donors (Lipinski definition) is 1. The second kappa shape index (κ2) is 21.0. The van der Waals surface area contributed by atoms with E-state index in [1.807, 2.05) is 13.1 Å². The molecule has 0 amide bonds. The molecule has 0 bridgehead atoms. The Morgan fingerprint density at radius 2 is 1.10 bits per heavy atom. The van der Waals surface area contributed by atoms with Crippen LogP contribution in [0.1, 0.15) is 109 Å². The van der Waals surface area contributed by atoms with Crippen molar-refractivity contribution in [1.82, 2.24) is 5.32 Å². The Morgan fingerprint density at radius 1 is 0.677 bits per heavy atom. The molecule has 0 aliphatic rings. The maximum Gasteiger partial charge on any atom is 0.0780 e. The van der Waals surface area contributed by atoms with Crippen molar-refractivity contribution >= 4 is 0 Å². The van der Waals surface area contributed by atoms with E-state index in [2.05, 4.69) is 64.6 Å². The fourth-order valence-electron chi connectivity index (χ4n) is 3.85. The SMILES string of the molecule is CCCCCCCCCCCCCCCC[N+](C)(C)C.CN[C@@H](C)Cc1ccccc1. The van der Waals surface area contributed by atoms with E-state index >= 15 is 0 Å². The van der Waals surface area contributed by atoms with Crippen LogP contribution in [0.3, 0.4) is 0 Å². The van der Waals surface area contributed by atoms with Gasteiger partial charge in [-0.3, -0.25) is 0 Å². The third-order valence-electron chi connectivity index (χ3n) is 6.06. The van der Waals surface area contributed by atoms with Gasteiger partial charge in [0.2, 0.25) is 0 Å². The molecule has 0 unspecified atom stereocenters. The number of hydrogen-bond acceptors (Lipinski definition) is 1. The van der Waals surface area contributed by atoms with Crippen LogP contribution in [0.15, 0.2) is 30.3 Å². The molecule has 1 N–H and O–H groups in total. The van der Waals surface area contributed by atoms with Crippen LogP contribution < -0.4 is 5.32 Å². The highest BCUT2D eigenvalue weighted by Gasteiger charge is 2.05. The molecule has 0 aliphatic carbocycles. The van der Waals surface area contributed by atoms with Crippen molar-refractivity contribution in [2.45, 2.75) is 116 Å². The standard InChI is InChI=1S/C19H42N.C10H15N/c1-5-6-7-8-9-10-11-12-13-14-15-16-17-18-19-20(2,3)4;1-9(11-2)8-10-6-4-3-5-7-10/h5-19H2,1-4H3;3-7,9,11H,8H2,1-2H3/q+1;/t;9-/m.0/s1. The van der Waals surface area contributed by atoms with Crippen LogP contribution in [0.2, 0.25) is 0 Å². The van der Waals surface area contributed by atoms with Gasteiger partial charge in [0.1, 0.15) is 0 Å².